The number of carbonyl (C=O) groups excluding carboxylic acids is 3. The third-order valence-corrected chi connectivity index (χ3v) is 5.88. The maximum absolute atomic E-state index is 13.0. The fraction of sp³-hybridized carbons (Fsp3) is 0.500. The van der Waals surface area contributed by atoms with Gasteiger partial charge < -0.3 is 30.8 Å². The Balaban J connectivity index is 2.10. The fourth-order valence-corrected chi connectivity index (χ4v) is 4.05. The first kappa shape index (κ1) is 31.5. The summed E-state index contributed by atoms with van der Waals surface area (Å²) in [6.07, 6.45) is 1.83. The van der Waals surface area contributed by atoms with Crippen molar-refractivity contribution in [2.24, 2.45) is 11.7 Å². The molecule has 0 spiro atoms. The number of nitrogens with two attached hydrogens (primary N) is 1. The molecular weight excluding hydrogens is 522 g/mol. The smallest absolute Gasteiger partial charge is 0.408 e. The number of rotatable bonds is 13. The number of amides is 3. The molecule has 0 radical (unpaired) electrons. The minimum atomic E-state index is -0.881. The first-order chi connectivity index (χ1) is 18.3. The molecule has 2 rings (SSSR count). The predicted octanol–water partition coefficient (Wildman–Crippen LogP) is 3.47. The summed E-state index contributed by atoms with van der Waals surface area (Å²) in [6.45, 7) is 9.62. The lowest BCUT2D eigenvalue weighted by molar-refractivity contribution is -0.121. The Kier molecular flexibility index (Phi) is 12.1. The number of nitrogens with zero attached hydrogens (tertiary/aromatic N) is 1. The van der Waals surface area contributed by atoms with Gasteiger partial charge >= 0.3 is 6.09 Å². The Morgan fingerprint density at radius 3 is 2.46 bits per heavy atom. The van der Waals surface area contributed by atoms with Crippen LogP contribution in [0.5, 0.6) is 0 Å². The van der Waals surface area contributed by atoms with Gasteiger partial charge in [-0.15, -0.1) is 0 Å². The topological polar surface area (TPSA) is 184 Å². The van der Waals surface area contributed by atoms with E-state index < -0.39 is 35.6 Å². The van der Waals surface area contributed by atoms with Crippen LogP contribution in [0.4, 0.5) is 4.79 Å². The van der Waals surface area contributed by atoms with Crippen molar-refractivity contribution >= 4 is 35.8 Å². The Labute approximate surface area is 233 Å². The van der Waals surface area contributed by atoms with Crippen LogP contribution < -0.4 is 26.4 Å². The minimum absolute atomic E-state index is 0.0277. The second-order valence-electron chi connectivity index (χ2n) is 10.3. The molecule has 1 aromatic heterocycles. The number of ether oxygens (including phenoxy) is 1. The van der Waals surface area contributed by atoms with E-state index in [4.69, 9.17) is 20.3 Å². The Morgan fingerprint density at radius 1 is 1.15 bits per heavy atom. The number of hydrogen-bond acceptors (Lipinski definition) is 8. The van der Waals surface area contributed by atoms with Gasteiger partial charge in [-0.05, 0) is 70.0 Å². The molecule has 1 heterocycles. The Bertz CT molecular complexity index is 1100. The van der Waals surface area contributed by atoms with Crippen molar-refractivity contribution in [1.29, 1.82) is 5.41 Å². The van der Waals surface area contributed by atoms with E-state index in [2.05, 4.69) is 25.7 Å². The summed E-state index contributed by atoms with van der Waals surface area (Å²) >= 11 is 1.14. The van der Waals surface area contributed by atoms with Crippen LogP contribution in [0.2, 0.25) is 0 Å². The molecule has 13 heteroatoms. The molecule has 0 saturated heterocycles. The van der Waals surface area contributed by atoms with Crippen LogP contribution >= 0.6 is 11.9 Å². The van der Waals surface area contributed by atoms with Crippen molar-refractivity contribution in [3.05, 3.63) is 48.2 Å². The van der Waals surface area contributed by atoms with Gasteiger partial charge in [-0.2, -0.15) is 0 Å². The quantitative estimate of drug-likeness (QED) is 0.0922. The highest BCUT2D eigenvalue weighted by Crippen LogP contribution is 2.22. The first-order valence-electron chi connectivity index (χ1n) is 12.7. The van der Waals surface area contributed by atoms with Gasteiger partial charge in [-0.3, -0.25) is 19.7 Å². The maximum Gasteiger partial charge on any atom is 0.408 e. The number of alkyl carbamates (subject to hydrolysis) is 1. The van der Waals surface area contributed by atoms with Gasteiger partial charge in [0.05, 0.1) is 0 Å². The van der Waals surface area contributed by atoms with Gasteiger partial charge in [-0.25, -0.2) is 9.78 Å². The largest absolute Gasteiger partial charge is 0.446 e. The summed E-state index contributed by atoms with van der Waals surface area (Å²) in [7, 11) is 0. The van der Waals surface area contributed by atoms with Crippen LogP contribution in [0.15, 0.2) is 45.9 Å². The van der Waals surface area contributed by atoms with E-state index in [0.717, 1.165) is 16.8 Å². The second kappa shape index (κ2) is 15.0. The lowest BCUT2D eigenvalue weighted by atomic mass is 10.0. The third kappa shape index (κ3) is 12.1. The molecule has 0 aliphatic rings. The van der Waals surface area contributed by atoms with E-state index in [1.54, 1.807) is 20.8 Å². The molecule has 12 nitrogen and oxygen atoms in total. The highest BCUT2D eigenvalue weighted by Gasteiger charge is 2.27. The molecule has 2 atom stereocenters. The highest BCUT2D eigenvalue weighted by molar-refractivity contribution is 7.98. The zero-order chi connectivity index (χ0) is 29.0. The van der Waals surface area contributed by atoms with Gasteiger partial charge in [0.15, 0.2) is 11.7 Å². The third-order valence-electron chi connectivity index (χ3n) is 5.07. The number of guanidine groups is 1. The van der Waals surface area contributed by atoms with Crippen LogP contribution in [0.25, 0.3) is 0 Å². The molecule has 0 fully saturated rings. The zero-order valence-electron chi connectivity index (χ0n) is 23.0. The highest BCUT2D eigenvalue weighted by atomic mass is 32.2. The average molecular weight is 562 g/mol. The molecule has 2 aromatic rings. The van der Waals surface area contributed by atoms with Gasteiger partial charge in [0, 0.05) is 11.4 Å². The van der Waals surface area contributed by atoms with Gasteiger partial charge in [-0.1, -0.05) is 32.0 Å². The van der Waals surface area contributed by atoms with Crippen LogP contribution in [0.3, 0.4) is 0 Å². The average Bonchev–Trinajstić information content (AvgIpc) is 3.33. The monoisotopic (exact) mass is 561 g/mol. The van der Waals surface area contributed by atoms with E-state index in [0.29, 0.717) is 19.4 Å². The number of carbonyl (C=O) groups is 3. The van der Waals surface area contributed by atoms with E-state index in [-0.39, 0.29) is 29.9 Å². The van der Waals surface area contributed by atoms with Crippen LogP contribution in [0.1, 0.15) is 76.3 Å². The molecule has 1 aromatic carbocycles. The molecule has 0 aliphatic carbocycles. The molecule has 0 saturated carbocycles. The minimum Gasteiger partial charge on any atom is -0.446 e. The fourth-order valence-electron chi connectivity index (χ4n) is 3.39. The summed E-state index contributed by atoms with van der Waals surface area (Å²) in [5, 5.41) is 15.4. The van der Waals surface area contributed by atoms with Gasteiger partial charge in [0.1, 0.15) is 23.9 Å². The number of benzene rings is 1. The standard InChI is InChI=1S/C26H39N7O5S/c1-16(2)14-19(32-25(36)38-26(3,4)5)23-31-20(15-37-23)21(34)30-18(12-9-13-29-24(27)28)22(35)33-39-17-10-7-6-8-11-17/h6-8,10-11,15-16,18-19H,9,12-14H2,1-5H3,(H,30,34)(H,32,36)(H,33,35)(H4,27,28,29)/t18-,19-/m0/s1. The van der Waals surface area contributed by atoms with Crippen LogP contribution in [-0.2, 0) is 9.53 Å². The number of oxazole rings is 1. The van der Waals surface area contributed by atoms with E-state index in [9.17, 15) is 14.4 Å². The molecule has 214 valence electrons. The molecule has 0 aliphatic heterocycles. The summed E-state index contributed by atoms with van der Waals surface area (Å²) in [6, 6.07) is 7.80. The summed E-state index contributed by atoms with van der Waals surface area (Å²) in [4.78, 5) is 43.5. The van der Waals surface area contributed by atoms with E-state index in [1.165, 1.54) is 6.26 Å². The van der Waals surface area contributed by atoms with Gasteiger partial charge in [0.25, 0.3) is 11.8 Å². The zero-order valence-corrected chi connectivity index (χ0v) is 23.8. The van der Waals surface area contributed by atoms with E-state index in [1.807, 2.05) is 44.2 Å². The molecule has 0 unspecified atom stereocenters. The predicted molar refractivity (Wildman–Crippen MR) is 149 cm³/mol. The van der Waals surface area contributed by atoms with Gasteiger partial charge in [0.2, 0.25) is 5.89 Å². The summed E-state index contributed by atoms with van der Waals surface area (Å²) in [5.41, 5.74) is 4.62. The molecule has 0 bridgehead atoms. The molecule has 7 N–H and O–H groups in total. The van der Waals surface area contributed by atoms with Crippen LogP contribution in [-0.4, -0.2) is 47.0 Å². The van der Waals surface area contributed by atoms with E-state index >= 15 is 0 Å². The van der Waals surface area contributed by atoms with Crippen molar-refractivity contribution in [3.8, 4) is 0 Å². The Morgan fingerprint density at radius 2 is 1.85 bits per heavy atom. The van der Waals surface area contributed by atoms with Crippen LogP contribution in [0, 0.1) is 11.3 Å². The van der Waals surface area contributed by atoms with Crippen molar-refractivity contribution < 1.29 is 23.5 Å². The SMILES string of the molecule is CC(C)C[C@H](NC(=O)OC(C)(C)C)c1nc(C(=O)N[C@@H](CCCNC(=N)N)C(=O)NSc2ccccc2)co1. The number of nitrogens with one attached hydrogen (secondary N) is 5. The molecule has 39 heavy (non-hydrogen) atoms. The van der Waals surface area contributed by atoms with Crippen molar-refractivity contribution in [2.45, 2.75) is 76.5 Å². The normalized spacial score (nSPS) is 12.8. The van der Waals surface area contributed by atoms with Crippen molar-refractivity contribution in [3.63, 3.8) is 0 Å². The Hall–Kier alpha value is -3.74. The lowest BCUT2D eigenvalue weighted by Gasteiger charge is -2.23. The first-order valence-corrected chi connectivity index (χ1v) is 13.5. The number of hydrogen-bond donors (Lipinski definition) is 6. The molecule has 3 amide bonds. The summed E-state index contributed by atoms with van der Waals surface area (Å²) < 4.78 is 13.7. The van der Waals surface area contributed by atoms with Crippen molar-refractivity contribution in [2.75, 3.05) is 6.54 Å². The maximum atomic E-state index is 13.0. The molecular formula is C26H39N7O5S. The lowest BCUT2D eigenvalue weighted by Crippen LogP contribution is -2.45. The second-order valence-corrected chi connectivity index (χ2v) is 11.2. The van der Waals surface area contributed by atoms with Crippen molar-refractivity contribution in [1.82, 2.24) is 25.7 Å². The summed E-state index contributed by atoms with van der Waals surface area (Å²) in [5.74, 6) is -0.826. The number of aromatic nitrogens is 1.